The first kappa shape index (κ1) is 19.9. The number of anilines is 1. The van der Waals surface area contributed by atoms with Crippen LogP contribution in [-0.4, -0.2) is 26.3 Å². The Bertz CT molecular complexity index is 970. The lowest BCUT2D eigenvalue weighted by atomic mass is 10.1. The van der Waals surface area contributed by atoms with Crippen LogP contribution in [0.25, 0.3) is 11.4 Å². The number of hydrogen-bond donors (Lipinski definition) is 2. The number of H-pyrrole nitrogens is 1. The van der Waals surface area contributed by atoms with Gasteiger partial charge < -0.3 is 5.32 Å². The molecule has 0 aliphatic rings. The number of para-hydroxylation sites is 1. The fourth-order valence-corrected chi connectivity index (χ4v) is 3.15. The lowest BCUT2D eigenvalue weighted by Crippen LogP contribution is -2.24. The van der Waals surface area contributed by atoms with Crippen LogP contribution in [0.4, 0.5) is 18.9 Å². The van der Waals surface area contributed by atoms with E-state index in [4.69, 9.17) is 0 Å². The number of aromatic amines is 1. The Morgan fingerprint density at radius 3 is 2.50 bits per heavy atom. The summed E-state index contributed by atoms with van der Waals surface area (Å²) in [5, 5.41) is 8.85. The van der Waals surface area contributed by atoms with Crippen molar-refractivity contribution in [3.05, 3.63) is 59.7 Å². The molecule has 0 saturated heterocycles. The van der Waals surface area contributed by atoms with Crippen LogP contribution < -0.4 is 5.32 Å². The molecule has 0 radical (unpaired) electrons. The zero-order valence-corrected chi connectivity index (χ0v) is 15.9. The third kappa shape index (κ3) is 4.72. The summed E-state index contributed by atoms with van der Waals surface area (Å²) in [5.74, 6) is -0.0130. The fraction of sp³-hybridized carbons (Fsp3) is 0.211. The number of carbonyl (C=O) groups excluding carboxylic acids is 1. The van der Waals surface area contributed by atoms with Gasteiger partial charge in [-0.2, -0.15) is 13.2 Å². The molecule has 3 rings (SSSR count). The molecule has 0 aliphatic carbocycles. The lowest BCUT2D eigenvalue weighted by Gasteiger charge is -2.15. The van der Waals surface area contributed by atoms with Crippen molar-refractivity contribution in [1.29, 1.82) is 0 Å². The number of thioether (sulfide) groups is 1. The average Bonchev–Trinajstić information content (AvgIpc) is 3.10. The Balaban J connectivity index is 1.68. The number of aromatic nitrogens is 3. The van der Waals surface area contributed by atoms with E-state index in [-0.39, 0.29) is 5.69 Å². The molecule has 9 heteroatoms. The lowest BCUT2D eigenvalue weighted by molar-refractivity contribution is -0.137. The fourth-order valence-electron chi connectivity index (χ4n) is 2.42. The second kappa shape index (κ2) is 8.05. The minimum atomic E-state index is -4.55. The Labute approximate surface area is 163 Å². The molecule has 3 aromatic rings. The highest BCUT2D eigenvalue weighted by atomic mass is 32.2. The summed E-state index contributed by atoms with van der Waals surface area (Å²) >= 11 is 1.06. The van der Waals surface area contributed by atoms with Gasteiger partial charge >= 0.3 is 6.18 Å². The Hall–Kier alpha value is -2.81. The summed E-state index contributed by atoms with van der Waals surface area (Å²) in [7, 11) is 0. The first-order valence-electron chi connectivity index (χ1n) is 8.37. The van der Waals surface area contributed by atoms with E-state index in [9.17, 15) is 18.0 Å². The first-order chi connectivity index (χ1) is 13.2. The van der Waals surface area contributed by atoms with E-state index in [2.05, 4.69) is 20.5 Å². The van der Waals surface area contributed by atoms with Crippen LogP contribution in [0.3, 0.4) is 0 Å². The van der Waals surface area contributed by atoms with Gasteiger partial charge in [-0.05, 0) is 26.0 Å². The quantitative estimate of drug-likeness (QED) is 0.590. The minimum absolute atomic E-state index is 0.275. The number of carbonyl (C=O) groups is 1. The molecule has 2 aromatic carbocycles. The van der Waals surface area contributed by atoms with Crippen molar-refractivity contribution in [2.75, 3.05) is 5.32 Å². The van der Waals surface area contributed by atoms with Crippen LogP contribution in [0.1, 0.15) is 18.1 Å². The maximum atomic E-state index is 13.1. The number of hydrogen-bond acceptors (Lipinski definition) is 4. The summed E-state index contributed by atoms with van der Waals surface area (Å²) in [5.41, 5.74) is 0.798. The predicted octanol–water partition coefficient (Wildman–Crippen LogP) is 4.92. The van der Waals surface area contributed by atoms with Crippen LogP contribution in [0.5, 0.6) is 0 Å². The molecular weight excluding hydrogens is 389 g/mol. The summed E-state index contributed by atoms with van der Waals surface area (Å²) in [6.45, 7) is 3.56. The van der Waals surface area contributed by atoms with E-state index in [1.807, 2.05) is 31.2 Å². The van der Waals surface area contributed by atoms with E-state index in [1.165, 1.54) is 18.2 Å². The Morgan fingerprint density at radius 2 is 1.82 bits per heavy atom. The molecule has 2 N–H and O–H groups in total. The number of nitrogens with one attached hydrogen (secondary N) is 2. The molecule has 0 unspecified atom stereocenters. The van der Waals surface area contributed by atoms with Crippen LogP contribution in [-0.2, 0) is 11.0 Å². The molecule has 1 amide bonds. The summed E-state index contributed by atoms with van der Waals surface area (Å²) in [6.07, 6.45) is -4.55. The number of alkyl halides is 3. The predicted molar refractivity (Wildman–Crippen MR) is 102 cm³/mol. The van der Waals surface area contributed by atoms with Gasteiger partial charge in [0, 0.05) is 5.56 Å². The number of amides is 1. The highest BCUT2D eigenvalue weighted by Crippen LogP contribution is 2.35. The molecule has 0 saturated carbocycles. The zero-order chi connectivity index (χ0) is 20.3. The summed E-state index contributed by atoms with van der Waals surface area (Å²) in [4.78, 5) is 16.7. The third-order valence-electron chi connectivity index (χ3n) is 3.93. The summed E-state index contributed by atoms with van der Waals surface area (Å²) in [6, 6.07) is 12.5. The number of halogens is 3. The van der Waals surface area contributed by atoms with E-state index in [0.29, 0.717) is 11.0 Å². The van der Waals surface area contributed by atoms with Crippen LogP contribution in [0.2, 0.25) is 0 Å². The largest absolute Gasteiger partial charge is 0.418 e. The van der Waals surface area contributed by atoms with Gasteiger partial charge in [0.2, 0.25) is 11.1 Å². The summed E-state index contributed by atoms with van der Waals surface area (Å²) < 4.78 is 39.2. The molecular formula is C19H17F3N4OS. The van der Waals surface area contributed by atoms with Gasteiger partial charge in [-0.3, -0.25) is 9.89 Å². The zero-order valence-electron chi connectivity index (χ0n) is 15.0. The number of benzene rings is 2. The van der Waals surface area contributed by atoms with Gasteiger partial charge in [-0.1, -0.05) is 53.7 Å². The average molecular weight is 406 g/mol. The SMILES string of the molecule is Cc1ccc(-c2nc(S[C@@H](C)C(=O)Nc3ccccc3C(F)(F)F)n[nH]2)cc1. The van der Waals surface area contributed by atoms with E-state index < -0.39 is 22.9 Å². The number of nitrogens with zero attached hydrogens (tertiary/aromatic N) is 2. The van der Waals surface area contributed by atoms with E-state index in [1.54, 1.807) is 6.92 Å². The van der Waals surface area contributed by atoms with Crippen molar-refractivity contribution in [2.45, 2.75) is 30.4 Å². The van der Waals surface area contributed by atoms with E-state index >= 15 is 0 Å². The van der Waals surface area contributed by atoms with Crippen molar-refractivity contribution in [1.82, 2.24) is 15.2 Å². The highest BCUT2D eigenvalue weighted by molar-refractivity contribution is 8.00. The molecule has 146 valence electrons. The minimum Gasteiger partial charge on any atom is -0.325 e. The van der Waals surface area contributed by atoms with Crippen molar-refractivity contribution in [2.24, 2.45) is 0 Å². The molecule has 0 aliphatic heterocycles. The second-order valence-electron chi connectivity index (χ2n) is 6.13. The second-order valence-corrected chi connectivity index (χ2v) is 7.43. The molecule has 0 spiro atoms. The maximum Gasteiger partial charge on any atom is 0.418 e. The van der Waals surface area contributed by atoms with Crippen molar-refractivity contribution in [3.63, 3.8) is 0 Å². The molecule has 1 atom stereocenters. The monoisotopic (exact) mass is 406 g/mol. The molecule has 28 heavy (non-hydrogen) atoms. The van der Waals surface area contributed by atoms with Gasteiger partial charge in [0.25, 0.3) is 0 Å². The smallest absolute Gasteiger partial charge is 0.325 e. The maximum absolute atomic E-state index is 13.1. The first-order valence-corrected chi connectivity index (χ1v) is 9.25. The van der Waals surface area contributed by atoms with Crippen LogP contribution in [0, 0.1) is 6.92 Å². The van der Waals surface area contributed by atoms with Gasteiger partial charge in [0.1, 0.15) is 0 Å². The molecule has 1 aromatic heterocycles. The van der Waals surface area contributed by atoms with Gasteiger partial charge in [0.05, 0.1) is 16.5 Å². The Kier molecular flexibility index (Phi) is 5.73. The van der Waals surface area contributed by atoms with Gasteiger partial charge in [-0.25, -0.2) is 4.98 Å². The Morgan fingerprint density at radius 1 is 1.14 bits per heavy atom. The number of aryl methyl sites for hydroxylation is 1. The van der Waals surface area contributed by atoms with Gasteiger partial charge in [0.15, 0.2) is 5.82 Å². The molecule has 0 fully saturated rings. The molecule has 5 nitrogen and oxygen atoms in total. The standard InChI is InChI=1S/C19H17F3N4OS/c1-11-7-9-13(10-8-11)16-24-18(26-25-16)28-12(2)17(27)23-15-6-4-3-5-14(15)19(20,21)22/h3-10,12H,1-2H3,(H,23,27)(H,24,25,26)/t12-/m0/s1. The van der Waals surface area contributed by atoms with Crippen molar-refractivity contribution < 1.29 is 18.0 Å². The van der Waals surface area contributed by atoms with Crippen LogP contribution >= 0.6 is 11.8 Å². The third-order valence-corrected chi connectivity index (χ3v) is 4.89. The van der Waals surface area contributed by atoms with Crippen LogP contribution in [0.15, 0.2) is 53.7 Å². The van der Waals surface area contributed by atoms with Gasteiger partial charge in [-0.15, -0.1) is 5.10 Å². The molecule has 0 bridgehead atoms. The highest BCUT2D eigenvalue weighted by Gasteiger charge is 2.34. The van der Waals surface area contributed by atoms with Crippen molar-refractivity contribution in [3.8, 4) is 11.4 Å². The normalized spacial score (nSPS) is 12.6. The van der Waals surface area contributed by atoms with Crippen molar-refractivity contribution >= 4 is 23.4 Å². The molecule has 1 heterocycles. The topological polar surface area (TPSA) is 70.7 Å². The van der Waals surface area contributed by atoms with E-state index in [0.717, 1.165) is 29.0 Å². The number of rotatable bonds is 5.